The molecule has 2 N–H and O–H groups in total. The Morgan fingerprint density at radius 1 is 1.03 bits per heavy atom. The summed E-state index contributed by atoms with van der Waals surface area (Å²) in [6.45, 7) is 2.00. The van der Waals surface area contributed by atoms with Crippen molar-refractivity contribution in [2.24, 2.45) is 0 Å². The third-order valence-electron chi connectivity index (χ3n) is 4.22. The van der Waals surface area contributed by atoms with Crippen molar-refractivity contribution in [1.29, 1.82) is 0 Å². The summed E-state index contributed by atoms with van der Waals surface area (Å²) in [4.78, 5) is 24.0. The van der Waals surface area contributed by atoms with Crippen LogP contribution in [0.2, 0.25) is 5.02 Å². The van der Waals surface area contributed by atoms with E-state index in [1.165, 1.54) is 0 Å². The molecule has 0 saturated heterocycles. The molecule has 0 radical (unpaired) electrons. The third-order valence-corrected chi connectivity index (χ3v) is 5.44. The topological polar surface area (TPSA) is 88.9 Å². The van der Waals surface area contributed by atoms with E-state index in [1.807, 2.05) is 23.6 Å². The molecule has 0 aliphatic carbocycles. The second kappa shape index (κ2) is 10.5. The van der Waals surface area contributed by atoms with Crippen LogP contribution in [0.5, 0.6) is 0 Å². The number of hydrogen-bond acceptors (Lipinski definition) is 5. The number of carbonyl (C=O) groups is 2. The molecule has 3 aromatic rings. The van der Waals surface area contributed by atoms with Crippen LogP contribution in [-0.2, 0) is 16.1 Å². The van der Waals surface area contributed by atoms with Gasteiger partial charge in [0.25, 0.3) is 0 Å². The number of benzene rings is 2. The highest BCUT2D eigenvalue weighted by Crippen LogP contribution is 2.25. The minimum absolute atomic E-state index is 0.0500. The maximum absolute atomic E-state index is 13.6. The Balaban J connectivity index is 1.53. The fraction of sp³-hybridized carbons (Fsp3) is 0.200. The smallest absolute Gasteiger partial charge is 0.243 e. The number of anilines is 1. The second-order valence-corrected chi connectivity index (χ2v) is 7.77. The molecule has 0 aliphatic heterocycles. The molecule has 32 heavy (non-hydrogen) atoms. The number of aromatic nitrogens is 3. The van der Waals surface area contributed by atoms with Gasteiger partial charge in [-0.25, -0.2) is 13.2 Å². The Morgan fingerprint density at radius 2 is 1.75 bits per heavy atom. The monoisotopic (exact) mass is 483 g/mol. The van der Waals surface area contributed by atoms with Crippen LogP contribution in [0.15, 0.2) is 41.6 Å². The molecule has 3 rings (SSSR count). The molecule has 0 atom stereocenters. The summed E-state index contributed by atoms with van der Waals surface area (Å²) >= 11 is 7.04. The fourth-order valence-corrected chi connectivity index (χ4v) is 3.63. The number of amides is 2. The van der Waals surface area contributed by atoms with Crippen molar-refractivity contribution in [2.45, 2.75) is 18.6 Å². The van der Waals surface area contributed by atoms with Gasteiger partial charge in [0.15, 0.2) is 28.4 Å². The van der Waals surface area contributed by atoms with E-state index in [-0.39, 0.29) is 5.75 Å². The molecule has 7 nitrogen and oxygen atoms in total. The molecule has 0 unspecified atom stereocenters. The predicted octanol–water partition coefficient (Wildman–Crippen LogP) is 3.88. The number of nitrogens with one attached hydrogen (secondary N) is 2. The fourth-order valence-electron chi connectivity index (χ4n) is 2.67. The van der Waals surface area contributed by atoms with Crippen molar-refractivity contribution in [2.75, 3.05) is 17.6 Å². The quantitative estimate of drug-likeness (QED) is 0.375. The van der Waals surface area contributed by atoms with E-state index < -0.39 is 41.5 Å². The summed E-state index contributed by atoms with van der Waals surface area (Å²) in [7, 11) is 0. The van der Waals surface area contributed by atoms with Crippen LogP contribution in [0.4, 0.5) is 18.9 Å². The van der Waals surface area contributed by atoms with Gasteiger partial charge in [-0.2, -0.15) is 0 Å². The predicted molar refractivity (Wildman–Crippen MR) is 115 cm³/mol. The number of rotatable bonds is 8. The van der Waals surface area contributed by atoms with Crippen molar-refractivity contribution in [3.05, 3.63) is 58.9 Å². The Hall–Kier alpha value is -3.05. The lowest BCUT2D eigenvalue weighted by Crippen LogP contribution is -2.34. The maximum Gasteiger partial charge on any atom is 0.243 e. The first-order valence-corrected chi connectivity index (χ1v) is 10.7. The number of hydrogen-bond donors (Lipinski definition) is 2. The van der Waals surface area contributed by atoms with Crippen LogP contribution in [0, 0.1) is 17.5 Å². The molecule has 1 aromatic heterocycles. The molecule has 0 fully saturated rings. The molecule has 0 aliphatic rings. The highest BCUT2D eigenvalue weighted by molar-refractivity contribution is 7.99. The van der Waals surface area contributed by atoms with Crippen molar-refractivity contribution < 1.29 is 22.8 Å². The van der Waals surface area contributed by atoms with Crippen LogP contribution >= 0.6 is 23.4 Å². The Labute approximate surface area is 190 Å². The van der Waals surface area contributed by atoms with Gasteiger partial charge in [-0.1, -0.05) is 23.4 Å². The van der Waals surface area contributed by atoms with Crippen molar-refractivity contribution in [1.82, 2.24) is 20.1 Å². The molecule has 12 heteroatoms. The first kappa shape index (κ1) is 23.6. The van der Waals surface area contributed by atoms with E-state index in [0.29, 0.717) is 28.6 Å². The number of thioether (sulfide) groups is 1. The summed E-state index contributed by atoms with van der Waals surface area (Å²) in [5.74, 6) is -5.28. The zero-order chi connectivity index (χ0) is 23.3. The lowest BCUT2D eigenvalue weighted by molar-refractivity contribution is -0.122. The summed E-state index contributed by atoms with van der Waals surface area (Å²) in [5, 5.41) is 13.8. The molecular formula is C20H17ClF3N5O2S. The van der Waals surface area contributed by atoms with Gasteiger partial charge in [-0.3, -0.25) is 9.59 Å². The number of carbonyl (C=O) groups excluding carboxylic acids is 2. The van der Waals surface area contributed by atoms with E-state index in [2.05, 4.69) is 20.8 Å². The Morgan fingerprint density at radius 3 is 2.44 bits per heavy atom. The first-order chi connectivity index (χ1) is 15.3. The van der Waals surface area contributed by atoms with Gasteiger partial charge >= 0.3 is 0 Å². The average molecular weight is 484 g/mol. The normalized spacial score (nSPS) is 10.8. The van der Waals surface area contributed by atoms with Gasteiger partial charge in [-0.05, 0) is 43.3 Å². The lowest BCUT2D eigenvalue weighted by Gasteiger charge is -2.09. The standard InChI is InChI=1S/C20H17ClF3N5O2S/c1-2-29-19(11-3-5-12(21)6-4-11)27-28-20(29)32-10-16(31)25-9-15(30)26-14-8-7-13(22)17(23)18(14)24/h3-8H,2,9-10H2,1H3,(H,25,31)(H,26,30). The molecule has 2 amide bonds. The van der Waals surface area contributed by atoms with E-state index >= 15 is 0 Å². The van der Waals surface area contributed by atoms with Crippen LogP contribution in [0.1, 0.15) is 6.92 Å². The largest absolute Gasteiger partial charge is 0.346 e. The van der Waals surface area contributed by atoms with Gasteiger partial charge in [0.2, 0.25) is 11.8 Å². The van der Waals surface area contributed by atoms with Crippen LogP contribution in [-0.4, -0.2) is 38.9 Å². The molecule has 168 valence electrons. The van der Waals surface area contributed by atoms with E-state index in [9.17, 15) is 22.8 Å². The van der Waals surface area contributed by atoms with Gasteiger partial charge in [0.1, 0.15) is 0 Å². The lowest BCUT2D eigenvalue weighted by atomic mass is 10.2. The third kappa shape index (κ3) is 5.60. The van der Waals surface area contributed by atoms with Gasteiger partial charge in [0.05, 0.1) is 18.0 Å². The summed E-state index contributed by atoms with van der Waals surface area (Å²) in [5.41, 5.74) is 0.296. The summed E-state index contributed by atoms with van der Waals surface area (Å²) in [6, 6.07) is 8.68. The molecule has 0 saturated carbocycles. The highest BCUT2D eigenvalue weighted by atomic mass is 35.5. The minimum Gasteiger partial charge on any atom is -0.346 e. The van der Waals surface area contributed by atoms with Crippen LogP contribution in [0.25, 0.3) is 11.4 Å². The summed E-state index contributed by atoms with van der Waals surface area (Å²) in [6.07, 6.45) is 0. The molecule has 2 aromatic carbocycles. The zero-order valence-electron chi connectivity index (χ0n) is 16.7. The molecular weight excluding hydrogens is 467 g/mol. The first-order valence-electron chi connectivity index (χ1n) is 9.32. The van der Waals surface area contributed by atoms with Crippen LogP contribution < -0.4 is 10.6 Å². The highest BCUT2D eigenvalue weighted by Gasteiger charge is 2.17. The van der Waals surface area contributed by atoms with Crippen molar-refractivity contribution in [3.8, 4) is 11.4 Å². The minimum atomic E-state index is -1.69. The number of nitrogens with zero attached hydrogens (tertiary/aromatic N) is 3. The van der Waals surface area contributed by atoms with E-state index in [0.717, 1.165) is 23.4 Å². The molecule has 0 spiro atoms. The average Bonchev–Trinajstić information content (AvgIpc) is 3.20. The van der Waals surface area contributed by atoms with Gasteiger partial charge in [-0.15, -0.1) is 10.2 Å². The maximum atomic E-state index is 13.6. The second-order valence-electron chi connectivity index (χ2n) is 6.39. The van der Waals surface area contributed by atoms with E-state index in [1.54, 1.807) is 12.1 Å². The van der Waals surface area contributed by atoms with E-state index in [4.69, 9.17) is 11.6 Å². The molecule has 0 bridgehead atoms. The van der Waals surface area contributed by atoms with Gasteiger partial charge in [0, 0.05) is 17.1 Å². The Kier molecular flexibility index (Phi) is 7.75. The summed E-state index contributed by atoms with van der Waals surface area (Å²) < 4.78 is 41.6. The van der Waals surface area contributed by atoms with Crippen molar-refractivity contribution in [3.63, 3.8) is 0 Å². The molecule has 1 heterocycles. The zero-order valence-corrected chi connectivity index (χ0v) is 18.2. The SMILES string of the molecule is CCn1c(SCC(=O)NCC(=O)Nc2ccc(F)c(F)c2F)nnc1-c1ccc(Cl)cc1. The van der Waals surface area contributed by atoms with Gasteiger partial charge < -0.3 is 15.2 Å². The number of halogens is 4. The van der Waals surface area contributed by atoms with Crippen LogP contribution in [0.3, 0.4) is 0 Å². The Bertz CT molecular complexity index is 1140. The van der Waals surface area contributed by atoms with Crippen molar-refractivity contribution >= 4 is 40.9 Å².